The van der Waals surface area contributed by atoms with Crippen molar-refractivity contribution in [1.82, 2.24) is 19.7 Å². The molecule has 23 heavy (non-hydrogen) atoms. The number of halogens is 1. The molecule has 4 aromatic rings. The molecule has 1 unspecified atom stereocenters. The molecular weight excluding hydrogens is 316 g/mol. The number of fused-ring (bicyclic) bond motifs is 1. The minimum atomic E-state index is -0.471. The van der Waals surface area contributed by atoms with Gasteiger partial charge in [0, 0.05) is 5.02 Å². The molecule has 0 radical (unpaired) electrons. The molecule has 0 spiro atoms. The molecule has 2 heterocycles. The van der Waals surface area contributed by atoms with Crippen molar-refractivity contribution in [1.29, 1.82) is 0 Å². The van der Waals surface area contributed by atoms with Gasteiger partial charge in [-0.2, -0.15) is 5.10 Å². The first kappa shape index (κ1) is 13.8. The second kappa shape index (κ2) is 5.40. The molecule has 0 aliphatic heterocycles. The van der Waals surface area contributed by atoms with E-state index in [-0.39, 0.29) is 6.04 Å². The summed E-state index contributed by atoms with van der Waals surface area (Å²) in [5.74, 6) is -0.471. The van der Waals surface area contributed by atoms with Crippen molar-refractivity contribution in [3.63, 3.8) is 0 Å². The minimum Gasteiger partial charge on any atom is -0.408 e. The van der Waals surface area contributed by atoms with Gasteiger partial charge >= 0.3 is 5.76 Å². The highest BCUT2D eigenvalue weighted by Crippen LogP contribution is 2.28. The third kappa shape index (κ3) is 2.53. The summed E-state index contributed by atoms with van der Waals surface area (Å²) in [7, 11) is 0. The Morgan fingerprint density at radius 3 is 2.65 bits per heavy atom. The normalized spacial score (nSPS) is 12.6. The minimum absolute atomic E-state index is 0.183. The van der Waals surface area contributed by atoms with Gasteiger partial charge in [-0.1, -0.05) is 29.8 Å². The lowest BCUT2D eigenvalue weighted by molar-refractivity contribution is 0.555. The Labute approximate surface area is 135 Å². The first-order valence-electron chi connectivity index (χ1n) is 6.93. The van der Waals surface area contributed by atoms with E-state index in [0.717, 1.165) is 11.1 Å². The zero-order chi connectivity index (χ0) is 15.8. The van der Waals surface area contributed by atoms with Gasteiger partial charge in [-0.25, -0.2) is 14.5 Å². The molecule has 0 saturated carbocycles. The largest absolute Gasteiger partial charge is 0.417 e. The highest BCUT2D eigenvalue weighted by Gasteiger charge is 2.18. The van der Waals surface area contributed by atoms with Crippen molar-refractivity contribution in [2.24, 2.45) is 0 Å². The SMILES string of the molecule is O=c1[nH]c2cc(C(c3ccc(Cl)cc3)n3cncn3)ccc2o1. The molecule has 4 rings (SSSR count). The summed E-state index contributed by atoms with van der Waals surface area (Å²) in [4.78, 5) is 18.0. The first-order valence-corrected chi connectivity index (χ1v) is 7.31. The van der Waals surface area contributed by atoms with Crippen LogP contribution in [-0.4, -0.2) is 19.7 Å². The number of rotatable bonds is 3. The van der Waals surface area contributed by atoms with Gasteiger partial charge in [-0.05, 0) is 35.4 Å². The topological polar surface area (TPSA) is 76.7 Å². The standard InChI is InChI=1S/C16H11ClN4O2/c17-12-4-1-10(2-5-12)15(21-9-18-8-19-21)11-3-6-14-13(7-11)20-16(22)23-14/h1-9,15H,(H,20,22). The molecule has 6 nitrogen and oxygen atoms in total. The van der Waals surface area contributed by atoms with Crippen LogP contribution in [0.5, 0.6) is 0 Å². The summed E-state index contributed by atoms with van der Waals surface area (Å²) in [6.07, 6.45) is 3.14. The van der Waals surface area contributed by atoms with Crippen LogP contribution in [0, 0.1) is 0 Å². The fourth-order valence-electron chi connectivity index (χ4n) is 2.63. The van der Waals surface area contributed by atoms with Gasteiger partial charge in [0.25, 0.3) is 0 Å². The van der Waals surface area contributed by atoms with Gasteiger partial charge in [0.2, 0.25) is 0 Å². The average molecular weight is 327 g/mol. The quantitative estimate of drug-likeness (QED) is 0.628. The average Bonchev–Trinajstić information content (AvgIpc) is 3.18. The number of oxazole rings is 1. The van der Waals surface area contributed by atoms with Crippen LogP contribution in [0.15, 0.2) is 64.3 Å². The number of aromatic amines is 1. The fraction of sp³-hybridized carbons (Fsp3) is 0.0625. The number of hydrogen-bond acceptors (Lipinski definition) is 4. The smallest absolute Gasteiger partial charge is 0.408 e. The number of aromatic nitrogens is 4. The van der Waals surface area contributed by atoms with E-state index in [9.17, 15) is 4.79 Å². The van der Waals surface area contributed by atoms with E-state index in [0.29, 0.717) is 16.1 Å². The number of nitrogens with zero attached hydrogens (tertiary/aromatic N) is 3. The molecule has 0 aliphatic rings. The maximum atomic E-state index is 11.3. The lowest BCUT2D eigenvalue weighted by atomic mass is 9.98. The molecule has 0 aliphatic carbocycles. The van der Waals surface area contributed by atoms with Crippen LogP contribution < -0.4 is 5.76 Å². The molecule has 0 amide bonds. The van der Waals surface area contributed by atoms with Crippen LogP contribution >= 0.6 is 11.6 Å². The maximum absolute atomic E-state index is 11.3. The Morgan fingerprint density at radius 1 is 1.13 bits per heavy atom. The van der Waals surface area contributed by atoms with Crippen LogP contribution in [0.1, 0.15) is 17.2 Å². The van der Waals surface area contributed by atoms with E-state index in [2.05, 4.69) is 15.1 Å². The van der Waals surface area contributed by atoms with Crippen molar-refractivity contribution < 1.29 is 4.42 Å². The van der Waals surface area contributed by atoms with Crippen molar-refractivity contribution >= 4 is 22.7 Å². The Balaban J connectivity index is 1.89. The molecule has 114 valence electrons. The van der Waals surface area contributed by atoms with Gasteiger partial charge in [-0.15, -0.1) is 0 Å². The van der Waals surface area contributed by atoms with Crippen LogP contribution in [0.3, 0.4) is 0 Å². The summed E-state index contributed by atoms with van der Waals surface area (Å²) < 4.78 is 6.80. The summed E-state index contributed by atoms with van der Waals surface area (Å²) in [5.41, 5.74) is 3.12. The van der Waals surface area contributed by atoms with E-state index in [1.165, 1.54) is 6.33 Å². The fourth-order valence-corrected chi connectivity index (χ4v) is 2.76. The monoisotopic (exact) mass is 326 g/mol. The van der Waals surface area contributed by atoms with Gasteiger partial charge < -0.3 is 4.42 Å². The van der Waals surface area contributed by atoms with E-state index in [1.54, 1.807) is 17.1 Å². The van der Waals surface area contributed by atoms with Crippen LogP contribution in [-0.2, 0) is 0 Å². The molecule has 0 bridgehead atoms. The molecule has 7 heteroatoms. The Hall–Kier alpha value is -2.86. The summed E-state index contributed by atoms with van der Waals surface area (Å²) in [6.45, 7) is 0. The first-order chi connectivity index (χ1) is 11.2. The third-order valence-corrected chi connectivity index (χ3v) is 3.90. The van der Waals surface area contributed by atoms with E-state index >= 15 is 0 Å². The third-order valence-electron chi connectivity index (χ3n) is 3.65. The molecule has 0 fully saturated rings. The zero-order valence-corrected chi connectivity index (χ0v) is 12.6. The van der Waals surface area contributed by atoms with Gasteiger partial charge in [-0.3, -0.25) is 4.98 Å². The van der Waals surface area contributed by atoms with Gasteiger partial charge in [0.15, 0.2) is 5.58 Å². The zero-order valence-electron chi connectivity index (χ0n) is 11.8. The van der Waals surface area contributed by atoms with Crippen LogP contribution in [0.4, 0.5) is 0 Å². The molecule has 1 N–H and O–H groups in total. The van der Waals surface area contributed by atoms with Gasteiger partial charge in [0.1, 0.15) is 18.7 Å². The van der Waals surface area contributed by atoms with Crippen molar-refractivity contribution in [2.45, 2.75) is 6.04 Å². The summed E-state index contributed by atoms with van der Waals surface area (Å²) in [6, 6.07) is 12.9. The van der Waals surface area contributed by atoms with Crippen molar-refractivity contribution in [2.75, 3.05) is 0 Å². The second-order valence-corrected chi connectivity index (χ2v) is 5.54. The number of hydrogen-bond donors (Lipinski definition) is 1. The predicted molar refractivity (Wildman–Crippen MR) is 85.5 cm³/mol. The number of benzene rings is 2. The van der Waals surface area contributed by atoms with E-state index < -0.39 is 5.76 Å². The van der Waals surface area contributed by atoms with Crippen molar-refractivity contribution in [3.8, 4) is 0 Å². The van der Waals surface area contributed by atoms with E-state index in [1.807, 2.05) is 36.4 Å². The lowest BCUT2D eigenvalue weighted by Gasteiger charge is -2.18. The van der Waals surface area contributed by atoms with Crippen molar-refractivity contribution in [3.05, 3.63) is 81.8 Å². The second-order valence-electron chi connectivity index (χ2n) is 5.10. The Bertz CT molecular complexity index is 1000. The number of nitrogens with one attached hydrogen (secondary N) is 1. The van der Waals surface area contributed by atoms with Crippen LogP contribution in [0.2, 0.25) is 5.02 Å². The molecular formula is C16H11ClN4O2. The van der Waals surface area contributed by atoms with Crippen LogP contribution in [0.25, 0.3) is 11.1 Å². The maximum Gasteiger partial charge on any atom is 0.417 e. The molecule has 2 aromatic heterocycles. The molecule has 2 aromatic carbocycles. The van der Waals surface area contributed by atoms with E-state index in [4.69, 9.17) is 16.0 Å². The van der Waals surface area contributed by atoms with Gasteiger partial charge in [0.05, 0.1) is 5.52 Å². The molecule has 1 atom stereocenters. The molecule has 0 saturated heterocycles. The highest BCUT2D eigenvalue weighted by atomic mass is 35.5. The Morgan fingerprint density at radius 2 is 1.91 bits per heavy atom. The summed E-state index contributed by atoms with van der Waals surface area (Å²) in [5, 5.41) is 4.92. The predicted octanol–water partition coefficient (Wildman–Crippen LogP) is 3.00. The summed E-state index contributed by atoms with van der Waals surface area (Å²) >= 11 is 5.98. The highest BCUT2D eigenvalue weighted by molar-refractivity contribution is 6.30. The number of H-pyrrole nitrogens is 1. The lowest BCUT2D eigenvalue weighted by Crippen LogP contribution is -2.12. The Kier molecular flexibility index (Phi) is 3.24.